The van der Waals surface area contributed by atoms with Crippen LogP contribution in [0.15, 0.2) is 24.5 Å². The van der Waals surface area contributed by atoms with Gasteiger partial charge in [0, 0.05) is 4.88 Å². The van der Waals surface area contributed by atoms with Crippen molar-refractivity contribution < 1.29 is 9.13 Å². The van der Waals surface area contributed by atoms with E-state index in [2.05, 4.69) is 16.9 Å². The second kappa shape index (κ2) is 5.73. The molecule has 0 radical (unpaired) electrons. The third-order valence-electron chi connectivity index (χ3n) is 4.16. The van der Waals surface area contributed by atoms with Crippen LogP contribution in [0.1, 0.15) is 23.8 Å². The van der Waals surface area contributed by atoms with Gasteiger partial charge in [0.2, 0.25) is 5.88 Å². The molecule has 1 aliphatic rings. The summed E-state index contributed by atoms with van der Waals surface area (Å²) in [7, 11) is 0. The van der Waals surface area contributed by atoms with Gasteiger partial charge in [0.15, 0.2) is 0 Å². The number of fused-ring (bicyclic) bond motifs is 3. The summed E-state index contributed by atoms with van der Waals surface area (Å²) in [5.74, 6) is 1.20. The number of hydrogen-bond acceptors (Lipinski definition) is 4. The molecule has 4 rings (SSSR count). The quantitative estimate of drug-likeness (QED) is 0.621. The third-order valence-corrected chi connectivity index (χ3v) is 5.62. The van der Waals surface area contributed by atoms with Gasteiger partial charge in [-0.15, -0.1) is 11.3 Å². The third kappa shape index (κ3) is 2.68. The summed E-state index contributed by atoms with van der Waals surface area (Å²) in [5, 5.41) is 1.20. The molecule has 23 heavy (non-hydrogen) atoms. The molecule has 1 aromatic carbocycles. The fourth-order valence-electron chi connectivity index (χ4n) is 2.99. The Bertz CT molecular complexity index is 896. The van der Waals surface area contributed by atoms with Crippen LogP contribution in [0, 0.1) is 11.7 Å². The molecular weight excluding hydrogens is 335 g/mol. The van der Waals surface area contributed by atoms with Crippen molar-refractivity contribution in [1.82, 2.24) is 9.97 Å². The monoisotopic (exact) mass is 348 g/mol. The minimum atomic E-state index is -0.392. The molecule has 2 aromatic heterocycles. The Labute approximate surface area is 142 Å². The molecule has 1 unspecified atom stereocenters. The molecule has 2 heterocycles. The van der Waals surface area contributed by atoms with Crippen molar-refractivity contribution in [3.05, 3.63) is 45.8 Å². The number of aryl methyl sites for hydroxylation is 1. The van der Waals surface area contributed by atoms with Crippen LogP contribution < -0.4 is 4.74 Å². The van der Waals surface area contributed by atoms with E-state index < -0.39 is 5.82 Å². The average Bonchev–Trinajstić information content (AvgIpc) is 2.88. The largest absolute Gasteiger partial charge is 0.437 e. The molecule has 0 saturated heterocycles. The Balaban J connectivity index is 1.81. The predicted molar refractivity (Wildman–Crippen MR) is 90.1 cm³/mol. The summed E-state index contributed by atoms with van der Waals surface area (Å²) in [4.78, 5) is 11.0. The highest BCUT2D eigenvalue weighted by Gasteiger charge is 2.24. The van der Waals surface area contributed by atoms with Gasteiger partial charge in [0.05, 0.1) is 10.4 Å². The van der Waals surface area contributed by atoms with Crippen LogP contribution in [0.3, 0.4) is 0 Å². The fraction of sp³-hybridized carbons (Fsp3) is 0.294. The molecule has 0 saturated carbocycles. The van der Waals surface area contributed by atoms with E-state index in [0.29, 0.717) is 17.5 Å². The van der Waals surface area contributed by atoms with Crippen molar-refractivity contribution in [2.75, 3.05) is 0 Å². The van der Waals surface area contributed by atoms with Crippen LogP contribution in [0.2, 0.25) is 5.02 Å². The highest BCUT2D eigenvalue weighted by molar-refractivity contribution is 7.18. The van der Waals surface area contributed by atoms with Gasteiger partial charge >= 0.3 is 0 Å². The number of ether oxygens (including phenoxy) is 1. The summed E-state index contributed by atoms with van der Waals surface area (Å²) in [6.07, 6.45) is 4.75. The molecule has 3 aromatic rings. The molecule has 1 aliphatic carbocycles. The fourth-order valence-corrected chi connectivity index (χ4v) is 4.53. The summed E-state index contributed by atoms with van der Waals surface area (Å²) < 4.78 is 19.1. The summed E-state index contributed by atoms with van der Waals surface area (Å²) >= 11 is 7.77. The Kier molecular flexibility index (Phi) is 3.70. The standard InChI is InChI=1S/C17H14ClFN2OS/c1-9-2-4-11-14(6-9)23-17-15(11)16(20-8-21-17)22-13-5-3-10(19)7-12(13)18/h3,5,7-9H,2,4,6H2,1H3. The number of benzene rings is 1. The van der Waals surface area contributed by atoms with E-state index in [1.807, 2.05) is 0 Å². The van der Waals surface area contributed by atoms with Crippen molar-refractivity contribution in [3.8, 4) is 11.6 Å². The molecule has 0 amide bonds. The minimum absolute atomic E-state index is 0.231. The van der Waals surface area contributed by atoms with Crippen LogP contribution in [-0.2, 0) is 12.8 Å². The zero-order chi connectivity index (χ0) is 16.0. The zero-order valence-corrected chi connectivity index (χ0v) is 14.0. The molecule has 6 heteroatoms. The zero-order valence-electron chi connectivity index (χ0n) is 12.5. The van der Waals surface area contributed by atoms with Gasteiger partial charge in [-0.3, -0.25) is 0 Å². The number of rotatable bonds is 2. The van der Waals surface area contributed by atoms with E-state index >= 15 is 0 Å². The normalized spacial score (nSPS) is 17.3. The van der Waals surface area contributed by atoms with Crippen LogP contribution in [-0.4, -0.2) is 9.97 Å². The number of aromatic nitrogens is 2. The Morgan fingerprint density at radius 1 is 1.35 bits per heavy atom. The smallest absolute Gasteiger partial charge is 0.231 e. The second-order valence-electron chi connectivity index (χ2n) is 5.89. The second-order valence-corrected chi connectivity index (χ2v) is 7.38. The van der Waals surface area contributed by atoms with Crippen LogP contribution in [0.5, 0.6) is 11.6 Å². The molecule has 3 nitrogen and oxygen atoms in total. The topological polar surface area (TPSA) is 35.0 Å². The lowest BCUT2D eigenvalue weighted by atomic mass is 9.89. The number of nitrogens with zero attached hydrogens (tertiary/aromatic N) is 2. The lowest BCUT2D eigenvalue weighted by Gasteiger charge is -2.18. The highest BCUT2D eigenvalue weighted by atomic mass is 35.5. The Morgan fingerprint density at radius 3 is 3.04 bits per heavy atom. The lowest BCUT2D eigenvalue weighted by molar-refractivity contribution is 0.465. The number of hydrogen-bond donors (Lipinski definition) is 0. The van der Waals surface area contributed by atoms with Gasteiger partial charge < -0.3 is 4.74 Å². The molecule has 0 N–H and O–H groups in total. The summed E-state index contributed by atoms with van der Waals surface area (Å²) in [6.45, 7) is 2.27. The van der Waals surface area contributed by atoms with E-state index in [9.17, 15) is 4.39 Å². The first-order valence-electron chi connectivity index (χ1n) is 7.50. The van der Waals surface area contributed by atoms with Crippen molar-refractivity contribution in [2.45, 2.75) is 26.2 Å². The first kappa shape index (κ1) is 14.8. The maximum absolute atomic E-state index is 13.2. The maximum Gasteiger partial charge on any atom is 0.231 e. The van der Waals surface area contributed by atoms with E-state index in [0.717, 1.165) is 29.5 Å². The highest BCUT2D eigenvalue weighted by Crippen LogP contribution is 2.42. The SMILES string of the molecule is CC1CCc2c(sc3ncnc(Oc4ccc(F)cc4Cl)c23)C1. The Hall–Kier alpha value is -1.72. The van der Waals surface area contributed by atoms with Crippen molar-refractivity contribution >= 4 is 33.2 Å². The lowest BCUT2D eigenvalue weighted by Crippen LogP contribution is -2.08. The molecule has 0 spiro atoms. The molecule has 0 bridgehead atoms. The van der Waals surface area contributed by atoms with Crippen molar-refractivity contribution in [2.24, 2.45) is 5.92 Å². The number of thiophene rings is 1. The van der Waals surface area contributed by atoms with E-state index in [1.165, 1.54) is 35.0 Å². The van der Waals surface area contributed by atoms with E-state index in [1.54, 1.807) is 11.3 Å². The van der Waals surface area contributed by atoms with Gasteiger partial charge in [0.1, 0.15) is 22.7 Å². The maximum atomic E-state index is 13.2. The van der Waals surface area contributed by atoms with Gasteiger partial charge in [-0.25, -0.2) is 14.4 Å². The first-order chi connectivity index (χ1) is 11.1. The summed E-state index contributed by atoms with van der Waals surface area (Å²) in [5.41, 5.74) is 1.29. The van der Waals surface area contributed by atoms with Crippen molar-refractivity contribution in [3.63, 3.8) is 0 Å². The molecular formula is C17H14ClFN2OS. The Morgan fingerprint density at radius 2 is 2.22 bits per heavy atom. The molecule has 0 fully saturated rings. The number of halogens is 2. The van der Waals surface area contributed by atoms with E-state index in [4.69, 9.17) is 16.3 Å². The first-order valence-corrected chi connectivity index (χ1v) is 8.69. The van der Waals surface area contributed by atoms with Crippen molar-refractivity contribution in [1.29, 1.82) is 0 Å². The molecule has 1 atom stereocenters. The van der Waals surface area contributed by atoms with Gasteiger partial charge in [-0.2, -0.15) is 0 Å². The van der Waals surface area contributed by atoms with Crippen LogP contribution in [0.4, 0.5) is 4.39 Å². The van der Waals surface area contributed by atoms with E-state index in [-0.39, 0.29) is 5.02 Å². The molecule has 118 valence electrons. The van der Waals surface area contributed by atoms with Crippen LogP contribution >= 0.6 is 22.9 Å². The summed E-state index contributed by atoms with van der Waals surface area (Å²) in [6, 6.07) is 4.08. The minimum Gasteiger partial charge on any atom is -0.437 e. The van der Waals surface area contributed by atoms with Gasteiger partial charge in [-0.05, 0) is 48.9 Å². The van der Waals surface area contributed by atoms with Gasteiger partial charge in [-0.1, -0.05) is 18.5 Å². The molecule has 0 aliphatic heterocycles. The predicted octanol–water partition coefficient (Wildman–Crippen LogP) is 5.40. The van der Waals surface area contributed by atoms with Crippen LogP contribution in [0.25, 0.3) is 10.2 Å². The van der Waals surface area contributed by atoms with Gasteiger partial charge in [0.25, 0.3) is 0 Å². The average molecular weight is 349 g/mol.